The molecule has 0 saturated heterocycles. The average molecular weight is 223 g/mol. The Kier molecular flexibility index (Phi) is 2.64. The van der Waals surface area contributed by atoms with Gasteiger partial charge in [-0.2, -0.15) is 0 Å². The first kappa shape index (κ1) is 10.1. The van der Waals surface area contributed by atoms with E-state index in [9.17, 15) is 0 Å². The van der Waals surface area contributed by atoms with Gasteiger partial charge in [0.15, 0.2) is 11.6 Å². The predicted octanol–water partition coefficient (Wildman–Crippen LogP) is 3.14. The first-order chi connectivity index (χ1) is 7.20. The minimum atomic E-state index is 0.382. The third kappa shape index (κ3) is 1.97. The van der Waals surface area contributed by atoms with Gasteiger partial charge in [0.1, 0.15) is 0 Å². The van der Waals surface area contributed by atoms with Gasteiger partial charge < -0.3 is 10.3 Å². The van der Waals surface area contributed by atoms with Gasteiger partial charge >= 0.3 is 0 Å². The normalized spacial score (nSPS) is 10.5. The highest BCUT2D eigenvalue weighted by molar-refractivity contribution is 6.30. The maximum absolute atomic E-state index is 5.94. The summed E-state index contributed by atoms with van der Waals surface area (Å²) in [7, 11) is 0. The monoisotopic (exact) mass is 222 g/mol. The number of benzene rings is 1. The zero-order valence-corrected chi connectivity index (χ0v) is 9.08. The van der Waals surface area contributed by atoms with Gasteiger partial charge in [0.25, 0.3) is 0 Å². The van der Waals surface area contributed by atoms with E-state index < -0.39 is 0 Å². The van der Waals surface area contributed by atoms with Gasteiger partial charge in [-0.3, -0.25) is 0 Å². The van der Waals surface area contributed by atoms with Crippen LogP contribution < -0.4 is 5.73 Å². The van der Waals surface area contributed by atoms with Gasteiger partial charge in [0.05, 0.1) is 0 Å². The number of hydrogen-bond donors (Lipinski definition) is 1. The lowest BCUT2D eigenvalue weighted by atomic mass is 10.0. The second-order valence-corrected chi connectivity index (χ2v) is 3.71. The number of halogens is 1. The van der Waals surface area contributed by atoms with Crippen molar-refractivity contribution in [2.24, 2.45) is 0 Å². The molecule has 2 aromatic rings. The van der Waals surface area contributed by atoms with Crippen LogP contribution in [-0.4, -0.2) is 5.16 Å². The first-order valence-corrected chi connectivity index (χ1v) is 5.09. The number of nitrogens with two attached hydrogens (primary N) is 1. The van der Waals surface area contributed by atoms with E-state index >= 15 is 0 Å². The van der Waals surface area contributed by atoms with Crippen LogP contribution in [-0.2, 0) is 6.42 Å². The lowest BCUT2D eigenvalue weighted by Gasteiger charge is -2.04. The summed E-state index contributed by atoms with van der Waals surface area (Å²) in [6.45, 7) is 2.08. The van der Waals surface area contributed by atoms with Crippen LogP contribution in [0.4, 0.5) is 5.82 Å². The fourth-order valence-corrected chi connectivity index (χ4v) is 1.67. The van der Waals surface area contributed by atoms with Crippen molar-refractivity contribution >= 4 is 17.4 Å². The van der Waals surface area contributed by atoms with E-state index in [1.807, 2.05) is 18.2 Å². The SMILES string of the molecule is CCc1ccc(Cl)cc1-c1cc(N)no1. The van der Waals surface area contributed by atoms with E-state index in [1.165, 1.54) is 0 Å². The van der Waals surface area contributed by atoms with E-state index in [0.717, 1.165) is 17.5 Å². The molecule has 3 nitrogen and oxygen atoms in total. The fraction of sp³-hybridized carbons (Fsp3) is 0.182. The average Bonchev–Trinajstić information content (AvgIpc) is 2.65. The van der Waals surface area contributed by atoms with Crippen LogP contribution >= 0.6 is 11.6 Å². The summed E-state index contributed by atoms with van der Waals surface area (Å²) in [6.07, 6.45) is 0.910. The molecule has 0 aliphatic rings. The van der Waals surface area contributed by atoms with Crippen LogP contribution in [0.25, 0.3) is 11.3 Å². The molecule has 0 bridgehead atoms. The van der Waals surface area contributed by atoms with Crippen molar-refractivity contribution in [3.8, 4) is 11.3 Å². The van der Waals surface area contributed by atoms with Crippen molar-refractivity contribution in [1.82, 2.24) is 5.16 Å². The number of rotatable bonds is 2. The van der Waals surface area contributed by atoms with Crippen molar-refractivity contribution in [1.29, 1.82) is 0 Å². The van der Waals surface area contributed by atoms with Gasteiger partial charge in [-0.1, -0.05) is 29.7 Å². The Morgan fingerprint density at radius 3 is 2.80 bits per heavy atom. The molecule has 0 unspecified atom stereocenters. The molecule has 1 aromatic heterocycles. The number of nitrogens with zero attached hydrogens (tertiary/aromatic N) is 1. The van der Waals surface area contributed by atoms with E-state index in [4.69, 9.17) is 21.9 Å². The minimum absolute atomic E-state index is 0.382. The van der Waals surface area contributed by atoms with E-state index in [1.54, 1.807) is 6.07 Å². The standard InChI is InChI=1S/C11H11ClN2O/c1-2-7-3-4-8(12)5-9(7)10-6-11(13)14-15-10/h3-6H,2H2,1H3,(H2,13,14). The molecule has 1 heterocycles. The van der Waals surface area contributed by atoms with Crippen LogP contribution in [0.3, 0.4) is 0 Å². The molecule has 2 rings (SSSR count). The summed E-state index contributed by atoms with van der Waals surface area (Å²) in [4.78, 5) is 0. The Bertz CT molecular complexity index is 479. The molecule has 15 heavy (non-hydrogen) atoms. The summed E-state index contributed by atoms with van der Waals surface area (Å²) in [6, 6.07) is 7.41. The topological polar surface area (TPSA) is 52.0 Å². The van der Waals surface area contributed by atoms with E-state index in [2.05, 4.69) is 12.1 Å². The van der Waals surface area contributed by atoms with Crippen LogP contribution in [0.1, 0.15) is 12.5 Å². The number of aromatic nitrogens is 1. The molecule has 78 valence electrons. The Morgan fingerprint density at radius 2 is 2.20 bits per heavy atom. The van der Waals surface area contributed by atoms with Gasteiger partial charge in [-0.15, -0.1) is 0 Å². The van der Waals surface area contributed by atoms with Crippen LogP contribution in [0, 0.1) is 0 Å². The van der Waals surface area contributed by atoms with Crippen LogP contribution in [0.15, 0.2) is 28.8 Å². The molecule has 2 N–H and O–H groups in total. The molecule has 4 heteroatoms. The Morgan fingerprint density at radius 1 is 1.40 bits per heavy atom. The molecule has 0 fully saturated rings. The third-order valence-electron chi connectivity index (χ3n) is 2.25. The van der Waals surface area contributed by atoms with Crippen molar-refractivity contribution < 1.29 is 4.52 Å². The van der Waals surface area contributed by atoms with E-state index in [-0.39, 0.29) is 0 Å². The summed E-state index contributed by atoms with van der Waals surface area (Å²) in [5.41, 5.74) is 7.62. The maximum atomic E-state index is 5.94. The fourth-order valence-electron chi connectivity index (χ4n) is 1.50. The number of anilines is 1. The van der Waals surface area contributed by atoms with Crippen LogP contribution in [0.2, 0.25) is 5.02 Å². The molecular weight excluding hydrogens is 212 g/mol. The number of aryl methyl sites for hydroxylation is 1. The van der Waals surface area contributed by atoms with Crippen molar-refractivity contribution in [2.45, 2.75) is 13.3 Å². The number of hydrogen-bond acceptors (Lipinski definition) is 3. The Hall–Kier alpha value is -1.48. The highest BCUT2D eigenvalue weighted by Crippen LogP contribution is 2.28. The van der Waals surface area contributed by atoms with Crippen molar-refractivity contribution in [3.63, 3.8) is 0 Å². The molecular formula is C11H11ClN2O. The maximum Gasteiger partial charge on any atom is 0.169 e. The summed E-state index contributed by atoms with van der Waals surface area (Å²) in [5.74, 6) is 1.04. The second-order valence-electron chi connectivity index (χ2n) is 3.27. The van der Waals surface area contributed by atoms with Gasteiger partial charge in [-0.05, 0) is 24.1 Å². The largest absolute Gasteiger partial charge is 0.381 e. The minimum Gasteiger partial charge on any atom is -0.381 e. The third-order valence-corrected chi connectivity index (χ3v) is 2.48. The highest BCUT2D eigenvalue weighted by Gasteiger charge is 2.09. The molecule has 0 spiro atoms. The lowest BCUT2D eigenvalue weighted by Crippen LogP contribution is -1.86. The summed E-state index contributed by atoms with van der Waals surface area (Å²) in [5, 5.41) is 4.34. The first-order valence-electron chi connectivity index (χ1n) is 4.71. The Labute approximate surface area is 92.8 Å². The van der Waals surface area contributed by atoms with Gasteiger partial charge in [-0.25, -0.2) is 0 Å². The zero-order chi connectivity index (χ0) is 10.8. The molecule has 1 aromatic carbocycles. The molecule has 0 aliphatic carbocycles. The quantitative estimate of drug-likeness (QED) is 0.849. The summed E-state index contributed by atoms with van der Waals surface area (Å²) >= 11 is 5.94. The zero-order valence-electron chi connectivity index (χ0n) is 8.33. The lowest BCUT2D eigenvalue weighted by molar-refractivity contribution is 0.435. The smallest absolute Gasteiger partial charge is 0.169 e. The van der Waals surface area contributed by atoms with Gasteiger partial charge in [0, 0.05) is 16.7 Å². The Balaban J connectivity index is 2.55. The van der Waals surface area contributed by atoms with Crippen LogP contribution in [0.5, 0.6) is 0 Å². The van der Waals surface area contributed by atoms with Gasteiger partial charge in [0.2, 0.25) is 0 Å². The molecule has 0 amide bonds. The van der Waals surface area contributed by atoms with Crippen molar-refractivity contribution in [2.75, 3.05) is 5.73 Å². The van der Waals surface area contributed by atoms with E-state index in [0.29, 0.717) is 16.6 Å². The molecule has 0 atom stereocenters. The highest BCUT2D eigenvalue weighted by atomic mass is 35.5. The number of nitrogen functional groups attached to an aromatic ring is 1. The van der Waals surface area contributed by atoms with Crippen molar-refractivity contribution in [3.05, 3.63) is 34.9 Å². The predicted molar refractivity (Wildman–Crippen MR) is 60.7 cm³/mol. The summed E-state index contributed by atoms with van der Waals surface area (Å²) < 4.78 is 5.11. The second kappa shape index (κ2) is 3.95. The molecule has 0 saturated carbocycles. The molecule has 0 radical (unpaired) electrons. The molecule has 0 aliphatic heterocycles.